The van der Waals surface area contributed by atoms with E-state index in [1.807, 2.05) is 19.1 Å². The molecule has 4 aliphatic rings. The van der Waals surface area contributed by atoms with Crippen LogP contribution in [0.15, 0.2) is 73.0 Å². The number of rotatable bonds is 22. The van der Waals surface area contributed by atoms with Crippen LogP contribution in [-0.4, -0.2) is 91.2 Å². The van der Waals surface area contributed by atoms with E-state index in [1.165, 1.54) is 0 Å². The number of carbonyl (C=O) groups excluding carboxylic acids is 1. The Balaban J connectivity index is 1.75. The van der Waals surface area contributed by atoms with Crippen molar-refractivity contribution in [2.45, 2.75) is 108 Å². The Morgan fingerprint density at radius 1 is 1.06 bits per heavy atom. The Labute approximate surface area is 321 Å². The van der Waals surface area contributed by atoms with E-state index in [-0.39, 0.29) is 44.2 Å². The highest BCUT2D eigenvalue weighted by Gasteiger charge is 2.65. The highest BCUT2D eigenvalue weighted by molar-refractivity contribution is 6.03. The maximum atomic E-state index is 14.1. The average molecular weight is 751 g/mol. The van der Waals surface area contributed by atoms with E-state index in [0.717, 1.165) is 61.8 Å². The third-order valence-electron chi connectivity index (χ3n) is 11.1. The van der Waals surface area contributed by atoms with E-state index in [1.54, 1.807) is 23.1 Å². The van der Waals surface area contributed by atoms with Crippen LogP contribution in [0.1, 0.15) is 95.5 Å². The highest BCUT2D eigenvalue weighted by atomic mass is 16.8. The molecule has 1 saturated carbocycles. The molecule has 2 fully saturated rings. The molecule has 1 amide bonds. The van der Waals surface area contributed by atoms with Gasteiger partial charge in [0.05, 0.1) is 31.5 Å². The molecule has 2 aliphatic carbocycles. The average Bonchev–Trinajstić information content (AvgIpc) is 3.19. The number of carbonyl (C=O) groups is 1. The molecule has 0 aromatic heterocycles. The number of benzene rings is 1. The lowest BCUT2D eigenvalue weighted by atomic mass is 9.55. The first-order valence-corrected chi connectivity index (χ1v) is 20.1. The second-order valence-electron chi connectivity index (χ2n) is 14.7. The zero-order valence-electron chi connectivity index (χ0n) is 32.2. The number of amides is 1. The number of ether oxygens (including phenoxy) is 5. The van der Waals surface area contributed by atoms with Crippen molar-refractivity contribution in [3.05, 3.63) is 73.4 Å². The van der Waals surface area contributed by atoms with Crippen molar-refractivity contribution in [3.8, 4) is 11.5 Å². The molecule has 298 valence electrons. The summed E-state index contributed by atoms with van der Waals surface area (Å²) in [6, 6.07) is 5.28. The summed E-state index contributed by atoms with van der Waals surface area (Å²) >= 11 is 0. The number of allylic oxidation sites excluding steroid dienone is 1. The van der Waals surface area contributed by atoms with Gasteiger partial charge in [0.25, 0.3) is 0 Å². The molecule has 1 unspecified atom stereocenters. The van der Waals surface area contributed by atoms with Crippen molar-refractivity contribution in [2.75, 3.05) is 46.2 Å². The SMILES string of the molecule is C=CCCOC(=O)N(CCC)[C@H]1CC(=NOC2CCCCO2)C2=C[C@H](CCCCO)[C@@H](CCCCO)[C@@H]3c4cc(OCC=C)ccc4O[C@@]1(OCC=C)[C@H]23. The van der Waals surface area contributed by atoms with Gasteiger partial charge < -0.3 is 38.7 Å². The third kappa shape index (κ3) is 9.59. The van der Waals surface area contributed by atoms with Crippen molar-refractivity contribution in [2.24, 2.45) is 22.9 Å². The summed E-state index contributed by atoms with van der Waals surface area (Å²) in [6.45, 7) is 15.7. The van der Waals surface area contributed by atoms with Gasteiger partial charge in [-0.15, -0.1) is 13.2 Å². The van der Waals surface area contributed by atoms with E-state index in [4.69, 9.17) is 33.7 Å². The molecule has 7 atom stereocenters. The maximum Gasteiger partial charge on any atom is 0.410 e. The fourth-order valence-electron chi connectivity index (χ4n) is 8.74. The van der Waals surface area contributed by atoms with Crippen molar-refractivity contribution >= 4 is 11.8 Å². The van der Waals surface area contributed by atoms with Crippen LogP contribution in [0, 0.1) is 17.8 Å². The quantitative estimate of drug-likeness (QED) is 0.0692. The fourth-order valence-corrected chi connectivity index (χ4v) is 8.74. The van der Waals surface area contributed by atoms with E-state index < -0.39 is 30.1 Å². The molecule has 54 heavy (non-hydrogen) atoms. The number of hydrogen-bond donors (Lipinski definition) is 2. The van der Waals surface area contributed by atoms with Crippen LogP contribution in [-0.2, 0) is 19.0 Å². The number of aliphatic hydroxyl groups excluding tert-OH is 2. The second kappa shape index (κ2) is 20.9. The van der Waals surface area contributed by atoms with Gasteiger partial charge >= 0.3 is 6.09 Å². The molecular weight excluding hydrogens is 688 g/mol. The van der Waals surface area contributed by atoms with Gasteiger partial charge in [-0.05, 0) is 87.0 Å². The first-order chi connectivity index (χ1) is 26.5. The van der Waals surface area contributed by atoms with Gasteiger partial charge in [0.2, 0.25) is 12.1 Å². The van der Waals surface area contributed by atoms with Crippen LogP contribution in [0.25, 0.3) is 0 Å². The first kappa shape index (κ1) is 41.5. The number of nitrogens with zero attached hydrogens (tertiary/aromatic N) is 2. The summed E-state index contributed by atoms with van der Waals surface area (Å²) in [5, 5.41) is 24.6. The van der Waals surface area contributed by atoms with E-state index in [9.17, 15) is 15.0 Å². The summed E-state index contributed by atoms with van der Waals surface area (Å²) in [6.07, 6.45) is 15.6. The standard InChI is InChI=1S/C43H62N2O9/c1-5-9-26-51-42(48)45(21-6-2)38-30-36(44-54-39-18-12-15-27-50-39)34-28-31(16-10-13-22-46)33(17-11-14-23-47)40-35-29-32(49-24-7-3)19-20-37(35)53-43(38,41(34)40)52-25-8-4/h5,7-8,19-20,28-29,31,33,38-41,46-47H,1,3-4,6,9-18,21-27,30H2,2H3/t31-,33+,38-,39?,40+,41+,43+/m0/s1. The molecule has 2 N–H and O–H groups in total. The first-order valence-electron chi connectivity index (χ1n) is 20.1. The van der Waals surface area contributed by atoms with Crippen LogP contribution in [0.3, 0.4) is 0 Å². The lowest BCUT2D eigenvalue weighted by Crippen LogP contribution is -2.70. The van der Waals surface area contributed by atoms with E-state index >= 15 is 0 Å². The minimum Gasteiger partial charge on any atom is -0.490 e. The molecule has 1 aromatic rings. The molecule has 0 bridgehead atoms. The largest absolute Gasteiger partial charge is 0.490 e. The van der Waals surface area contributed by atoms with Crippen LogP contribution in [0.2, 0.25) is 0 Å². The number of oxime groups is 1. The molecule has 2 aliphatic heterocycles. The molecule has 11 heteroatoms. The summed E-state index contributed by atoms with van der Waals surface area (Å²) in [7, 11) is 0. The van der Waals surface area contributed by atoms with Crippen molar-refractivity contribution in [1.82, 2.24) is 4.90 Å². The minimum absolute atomic E-state index is 0.106. The highest BCUT2D eigenvalue weighted by Crippen LogP contribution is 2.62. The minimum atomic E-state index is -1.35. The second-order valence-corrected chi connectivity index (χ2v) is 14.7. The Morgan fingerprint density at radius 3 is 2.56 bits per heavy atom. The van der Waals surface area contributed by atoms with Gasteiger partial charge in [-0.3, -0.25) is 4.90 Å². The molecule has 0 spiro atoms. The van der Waals surface area contributed by atoms with Crippen LogP contribution in [0.5, 0.6) is 11.5 Å². The van der Waals surface area contributed by atoms with Gasteiger partial charge in [-0.25, -0.2) is 4.79 Å². The zero-order valence-corrected chi connectivity index (χ0v) is 32.2. The number of hydrogen-bond acceptors (Lipinski definition) is 10. The van der Waals surface area contributed by atoms with E-state index in [0.29, 0.717) is 63.4 Å². The Kier molecular flexibility index (Phi) is 16.1. The maximum absolute atomic E-state index is 14.1. The predicted molar refractivity (Wildman–Crippen MR) is 208 cm³/mol. The van der Waals surface area contributed by atoms with Crippen molar-refractivity contribution < 1.29 is 43.5 Å². The lowest BCUT2D eigenvalue weighted by Gasteiger charge is -2.60. The van der Waals surface area contributed by atoms with Crippen LogP contribution in [0.4, 0.5) is 4.79 Å². The molecule has 5 rings (SSSR count). The van der Waals surface area contributed by atoms with Crippen molar-refractivity contribution in [1.29, 1.82) is 0 Å². The third-order valence-corrected chi connectivity index (χ3v) is 11.1. The van der Waals surface area contributed by atoms with Gasteiger partial charge in [0, 0.05) is 44.1 Å². The molecule has 0 radical (unpaired) electrons. The molecule has 2 heterocycles. The zero-order chi connectivity index (χ0) is 38.3. The predicted octanol–water partition coefficient (Wildman–Crippen LogP) is 7.84. The number of unbranched alkanes of at least 4 members (excludes halogenated alkanes) is 2. The van der Waals surface area contributed by atoms with E-state index in [2.05, 4.69) is 31.9 Å². The van der Waals surface area contributed by atoms with Crippen LogP contribution >= 0.6 is 0 Å². The number of fused-ring (bicyclic) bond motifs is 2. The Bertz CT molecular complexity index is 1460. The summed E-state index contributed by atoms with van der Waals surface area (Å²) in [5.41, 5.74) is 2.70. The van der Waals surface area contributed by atoms with Gasteiger partial charge in [-0.1, -0.05) is 55.8 Å². The summed E-state index contributed by atoms with van der Waals surface area (Å²) in [4.78, 5) is 22.1. The monoisotopic (exact) mass is 750 g/mol. The Hall–Kier alpha value is -3.64. The molecule has 1 aromatic carbocycles. The fraction of sp³-hybridized carbons (Fsp3) is 0.628. The lowest BCUT2D eigenvalue weighted by molar-refractivity contribution is -0.255. The molecule has 1 saturated heterocycles. The summed E-state index contributed by atoms with van der Waals surface area (Å²) < 4.78 is 32.1. The Morgan fingerprint density at radius 2 is 1.85 bits per heavy atom. The van der Waals surface area contributed by atoms with Gasteiger partial charge in [-0.2, -0.15) is 0 Å². The van der Waals surface area contributed by atoms with Gasteiger partial charge in [0.15, 0.2) is 0 Å². The normalized spacial score (nSPS) is 27.8. The molecular formula is C43H62N2O9. The van der Waals surface area contributed by atoms with Crippen molar-refractivity contribution in [3.63, 3.8) is 0 Å². The molecule has 11 nitrogen and oxygen atoms in total. The topological polar surface area (TPSA) is 129 Å². The van der Waals surface area contributed by atoms with Gasteiger partial charge in [0.1, 0.15) is 24.1 Å². The number of aliphatic hydroxyl groups is 2. The smallest absolute Gasteiger partial charge is 0.410 e. The van der Waals surface area contributed by atoms with Crippen LogP contribution < -0.4 is 9.47 Å². The summed E-state index contributed by atoms with van der Waals surface area (Å²) in [5.74, 6) is -0.312.